The van der Waals surface area contributed by atoms with Crippen molar-refractivity contribution < 1.29 is 13.2 Å². The van der Waals surface area contributed by atoms with Gasteiger partial charge in [-0.15, -0.1) is 11.3 Å². The lowest BCUT2D eigenvalue weighted by Gasteiger charge is -2.12. The number of carbonyl (C=O) groups is 1. The first-order valence-electron chi connectivity index (χ1n) is 8.27. The number of hydrogen-bond acceptors (Lipinski definition) is 5. The molecule has 1 heterocycles. The fourth-order valence-electron chi connectivity index (χ4n) is 3.08. The number of thiazole rings is 1. The number of carbonyl (C=O) groups excluding carboxylic acids is 1. The fraction of sp³-hybridized carbons (Fsp3) is 0.333. The fourth-order valence-corrected chi connectivity index (χ4v) is 4.93. The molecule has 1 fully saturated rings. The summed E-state index contributed by atoms with van der Waals surface area (Å²) in [6.07, 6.45) is 9.09. The second-order valence-electron chi connectivity index (χ2n) is 6.33. The predicted molar refractivity (Wildman–Crippen MR) is 105 cm³/mol. The molecule has 0 unspecified atom stereocenters. The monoisotopic (exact) mass is 410 g/mol. The van der Waals surface area contributed by atoms with Gasteiger partial charge in [-0.25, -0.2) is 13.4 Å². The molecule has 0 saturated heterocycles. The van der Waals surface area contributed by atoms with Crippen molar-refractivity contribution in [2.45, 2.75) is 30.6 Å². The lowest BCUT2D eigenvalue weighted by Crippen LogP contribution is -2.14. The van der Waals surface area contributed by atoms with Crippen molar-refractivity contribution in [2.75, 3.05) is 11.6 Å². The maximum Gasteiger partial charge on any atom is 0.257 e. The van der Waals surface area contributed by atoms with Crippen LogP contribution >= 0.6 is 22.9 Å². The predicted octanol–water partition coefficient (Wildman–Crippen LogP) is 4.41. The van der Waals surface area contributed by atoms with Crippen LogP contribution in [0, 0.1) is 5.92 Å². The molecule has 0 bridgehead atoms. The number of aromatic nitrogens is 1. The van der Waals surface area contributed by atoms with Crippen LogP contribution in [0.4, 0.5) is 5.13 Å². The van der Waals surface area contributed by atoms with Crippen molar-refractivity contribution in [1.82, 2.24) is 4.98 Å². The number of halogens is 1. The van der Waals surface area contributed by atoms with E-state index in [1.165, 1.54) is 17.4 Å². The highest BCUT2D eigenvalue weighted by Crippen LogP contribution is 2.32. The van der Waals surface area contributed by atoms with Crippen molar-refractivity contribution in [3.05, 3.63) is 46.4 Å². The number of allylic oxidation sites excluding steroid dienone is 1. The SMILES string of the molecule is CS(=O)(=O)c1ccc(/C(=C\C2CCCC2)C(=O)Nc2nccs2)cc1Cl. The molecule has 1 amide bonds. The highest BCUT2D eigenvalue weighted by atomic mass is 35.5. The molecule has 1 aliphatic carbocycles. The van der Waals surface area contributed by atoms with Crippen LogP contribution < -0.4 is 5.32 Å². The first-order chi connectivity index (χ1) is 12.3. The minimum absolute atomic E-state index is 0.0588. The van der Waals surface area contributed by atoms with Crippen LogP contribution in [-0.2, 0) is 14.6 Å². The van der Waals surface area contributed by atoms with Crippen molar-refractivity contribution in [1.29, 1.82) is 0 Å². The number of benzene rings is 1. The Hall–Kier alpha value is -1.70. The second-order valence-corrected chi connectivity index (χ2v) is 9.62. The first-order valence-corrected chi connectivity index (χ1v) is 11.4. The van der Waals surface area contributed by atoms with Gasteiger partial charge in [0.1, 0.15) is 0 Å². The van der Waals surface area contributed by atoms with Crippen LogP contribution in [0.5, 0.6) is 0 Å². The minimum atomic E-state index is -3.42. The van der Waals surface area contributed by atoms with E-state index in [1.54, 1.807) is 23.7 Å². The summed E-state index contributed by atoms with van der Waals surface area (Å²) >= 11 is 7.51. The highest BCUT2D eigenvalue weighted by molar-refractivity contribution is 7.90. The van der Waals surface area contributed by atoms with Crippen molar-refractivity contribution >= 4 is 49.4 Å². The van der Waals surface area contributed by atoms with E-state index in [0.717, 1.165) is 31.9 Å². The van der Waals surface area contributed by atoms with E-state index in [2.05, 4.69) is 10.3 Å². The van der Waals surface area contributed by atoms with Gasteiger partial charge in [-0.2, -0.15) is 0 Å². The number of anilines is 1. The van der Waals surface area contributed by atoms with E-state index in [9.17, 15) is 13.2 Å². The first kappa shape index (κ1) is 19.1. The minimum Gasteiger partial charge on any atom is -0.298 e. The van der Waals surface area contributed by atoms with Gasteiger partial charge in [-0.3, -0.25) is 10.1 Å². The molecular formula is C18H19ClN2O3S2. The van der Waals surface area contributed by atoms with E-state index < -0.39 is 9.84 Å². The third kappa shape index (κ3) is 4.52. The average molecular weight is 411 g/mol. The van der Waals surface area contributed by atoms with E-state index in [4.69, 9.17) is 11.6 Å². The summed E-state index contributed by atoms with van der Waals surface area (Å²) in [5.74, 6) is 0.0652. The number of nitrogens with one attached hydrogen (secondary N) is 1. The summed E-state index contributed by atoms with van der Waals surface area (Å²) in [7, 11) is -3.42. The molecule has 3 rings (SSSR count). The van der Waals surface area contributed by atoms with Crippen LogP contribution in [0.3, 0.4) is 0 Å². The molecule has 1 aliphatic rings. The molecule has 1 aromatic heterocycles. The van der Waals surface area contributed by atoms with Crippen LogP contribution in [0.1, 0.15) is 31.2 Å². The third-order valence-corrected chi connectivity index (χ3v) is 6.61. The molecule has 0 atom stereocenters. The van der Waals surface area contributed by atoms with Gasteiger partial charge in [0.05, 0.1) is 9.92 Å². The van der Waals surface area contributed by atoms with Crippen LogP contribution in [0.15, 0.2) is 40.7 Å². The Morgan fingerprint density at radius 3 is 2.65 bits per heavy atom. The smallest absolute Gasteiger partial charge is 0.257 e. The Kier molecular flexibility index (Phi) is 5.79. The molecule has 1 N–H and O–H groups in total. The molecule has 1 aromatic carbocycles. The molecule has 26 heavy (non-hydrogen) atoms. The molecule has 5 nitrogen and oxygen atoms in total. The van der Waals surface area contributed by atoms with Crippen LogP contribution in [0.25, 0.3) is 5.57 Å². The topological polar surface area (TPSA) is 76.1 Å². The van der Waals surface area contributed by atoms with E-state index in [1.807, 2.05) is 6.08 Å². The van der Waals surface area contributed by atoms with E-state index in [-0.39, 0.29) is 15.8 Å². The number of sulfone groups is 1. The van der Waals surface area contributed by atoms with Crippen molar-refractivity contribution in [3.8, 4) is 0 Å². The summed E-state index contributed by atoms with van der Waals surface area (Å²) in [4.78, 5) is 17.0. The quantitative estimate of drug-likeness (QED) is 0.740. The molecule has 0 spiro atoms. The van der Waals surface area contributed by atoms with Gasteiger partial charge in [0, 0.05) is 23.4 Å². The Balaban J connectivity index is 1.97. The standard InChI is InChI=1S/C18H19ClN2O3S2/c1-26(23,24)16-7-6-13(11-15(16)19)14(10-12-4-2-3-5-12)17(22)21-18-20-8-9-25-18/h6-12H,2-5H2,1H3,(H,20,21,22)/b14-10+. The summed E-state index contributed by atoms with van der Waals surface area (Å²) in [6.45, 7) is 0. The zero-order valence-electron chi connectivity index (χ0n) is 14.2. The van der Waals surface area contributed by atoms with Crippen LogP contribution in [-0.4, -0.2) is 25.6 Å². The zero-order chi connectivity index (χ0) is 18.7. The van der Waals surface area contributed by atoms with Gasteiger partial charge in [0.25, 0.3) is 5.91 Å². The Morgan fingerprint density at radius 2 is 2.08 bits per heavy atom. The average Bonchev–Trinajstić information content (AvgIpc) is 3.24. The Morgan fingerprint density at radius 1 is 1.35 bits per heavy atom. The number of rotatable bonds is 5. The molecule has 1 saturated carbocycles. The largest absolute Gasteiger partial charge is 0.298 e. The summed E-state index contributed by atoms with van der Waals surface area (Å²) in [5.41, 5.74) is 1.09. The lowest BCUT2D eigenvalue weighted by molar-refractivity contribution is -0.111. The summed E-state index contributed by atoms with van der Waals surface area (Å²) in [6, 6.07) is 4.62. The second kappa shape index (κ2) is 7.90. The molecule has 0 aliphatic heterocycles. The van der Waals surface area contributed by atoms with Crippen LogP contribution in [0.2, 0.25) is 5.02 Å². The molecule has 8 heteroatoms. The molecule has 2 aromatic rings. The molecule has 138 valence electrons. The van der Waals surface area contributed by atoms with Gasteiger partial charge in [-0.05, 0) is 36.5 Å². The molecular weight excluding hydrogens is 392 g/mol. The summed E-state index contributed by atoms with van der Waals surface area (Å²) < 4.78 is 23.5. The normalized spacial score (nSPS) is 16.0. The highest BCUT2D eigenvalue weighted by Gasteiger charge is 2.21. The van der Waals surface area contributed by atoms with Gasteiger partial charge in [-0.1, -0.05) is 36.6 Å². The number of amides is 1. The molecule has 0 radical (unpaired) electrons. The van der Waals surface area contributed by atoms with E-state index >= 15 is 0 Å². The Labute approximate surface area is 162 Å². The lowest BCUT2D eigenvalue weighted by atomic mass is 9.98. The van der Waals surface area contributed by atoms with Crippen molar-refractivity contribution in [2.24, 2.45) is 5.92 Å². The number of nitrogens with zero attached hydrogens (tertiary/aromatic N) is 1. The maximum atomic E-state index is 12.8. The Bertz CT molecular complexity index is 931. The number of hydrogen-bond donors (Lipinski definition) is 1. The van der Waals surface area contributed by atoms with Gasteiger partial charge in [0.15, 0.2) is 15.0 Å². The van der Waals surface area contributed by atoms with Gasteiger partial charge >= 0.3 is 0 Å². The van der Waals surface area contributed by atoms with Gasteiger partial charge in [0.2, 0.25) is 0 Å². The zero-order valence-corrected chi connectivity index (χ0v) is 16.6. The maximum absolute atomic E-state index is 12.8. The third-order valence-electron chi connectivity index (χ3n) is 4.34. The summed E-state index contributed by atoms with van der Waals surface area (Å²) in [5, 5.41) is 5.22. The van der Waals surface area contributed by atoms with Crippen molar-refractivity contribution in [3.63, 3.8) is 0 Å². The van der Waals surface area contributed by atoms with Gasteiger partial charge < -0.3 is 0 Å². The van der Waals surface area contributed by atoms with E-state index in [0.29, 0.717) is 22.2 Å².